The summed E-state index contributed by atoms with van der Waals surface area (Å²) in [4.78, 5) is 36.8. The lowest BCUT2D eigenvalue weighted by Gasteiger charge is -2.18. The van der Waals surface area contributed by atoms with E-state index < -0.39 is 69.4 Å². The topological polar surface area (TPSA) is 221 Å². The Hall–Kier alpha value is -4.72. The predicted octanol–water partition coefficient (Wildman–Crippen LogP) is 2.05. The number of alkyl halides is 6. The van der Waals surface area contributed by atoms with Crippen LogP contribution in [0.4, 0.5) is 26.3 Å². The van der Waals surface area contributed by atoms with E-state index in [-0.39, 0.29) is 18.7 Å². The molecule has 1 amide bonds. The van der Waals surface area contributed by atoms with Crippen molar-refractivity contribution in [2.24, 2.45) is 10.9 Å². The highest BCUT2D eigenvalue weighted by molar-refractivity contribution is 7.89. The molecule has 0 aromatic heterocycles. The number of nitrogens with one attached hydrogen (secondary N) is 3. The minimum atomic E-state index is -5.08. The van der Waals surface area contributed by atoms with E-state index in [0.717, 1.165) is 12.1 Å². The third-order valence-corrected chi connectivity index (χ3v) is 7.03. The molecule has 2 atom stereocenters. The highest BCUT2D eigenvalue weighted by Crippen LogP contribution is 2.34. The van der Waals surface area contributed by atoms with Gasteiger partial charge in [0.2, 0.25) is 15.9 Å². The number of nitrogens with zero attached hydrogens (tertiary/aromatic N) is 1. The van der Waals surface area contributed by atoms with Crippen molar-refractivity contribution in [1.82, 2.24) is 10.0 Å². The summed E-state index contributed by atoms with van der Waals surface area (Å²) < 4.78 is 98.1. The average molecular weight is 656 g/mol. The van der Waals surface area contributed by atoms with Gasteiger partial charge >= 0.3 is 24.3 Å². The van der Waals surface area contributed by atoms with Gasteiger partial charge in [-0.2, -0.15) is 31.1 Å². The number of aliphatic carboxylic acids is 2. The number of rotatable bonds is 10. The van der Waals surface area contributed by atoms with E-state index in [2.05, 4.69) is 10.5 Å². The van der Waals surface area contributed by atoms with Gasteiger partial charge in [-0.15, -0.1) is 0 Å². The molecule has 0 unspecified atom stereocenters. The van der Waals surface area contributed by atoms with Crippen LogP contribution >= 0.6 is 0 Å². The summed E-state index contributed by atoms with van der Waals surface area (Å²) in [6, 6.07) is 8.00. The molecule has 0 saturated carbocycles. The number of carboxylic acid groups (broad SMARTS) is 2. The van der Waals surface area contributed by atoms with Crippen molar-refractivity contribution in [1.29, 1.82) is 5.41 Å². The maximum Gasteiger partial charge on any atom is 0.490 e. The Labute approximate surface area is 244 Å². The molecule has 240 valence electrons. The van der Waals surface area contributed by atoms with Crippen molar-refractivity contribution < 1.29 is 64.2 Å². The molecule has 0 fully saturated rings. The molecule has 1 heterocycles. The lowest BCUT2D eigenvalue weighted by atomic mass is 10.0. The summed E-state index contributed by atoms with van der Waals surface area (Å²) >= 11 is 0. The van der Waals surface area contributed by atoms with Crippen LogP contribution < -0.4 is 15.8 Å². The molecule has 20 heteroatoms. The van der Waals surface area contributed by atoms with Gasteiger partial charge in [-0.25, -0.2) is 13.2 Å². The lowest BCUT2D eigenvalue weighted by Crippen LogP contribution is -2.48. The van der Waals surface area contributed by atoms with Gasteiger partial charge in [0.1, 0.15) is 18.0 Å². The molecule has 0 radical (unpaired) electrons. The minimum Gasteiger partial charge on any atom is -0.480 e. The van der Waals surface area contributed by atoms with E-state index in [1.54, 1.807) is 29.0 Å². The van der Waals surface area contributed by atoms with Crippen LogP contribution in [0, 0.1) is 5.41 Å². The monoisotopic (exact) mass is 655 g/mol. The number of benzene rings is 2. The molecule has 7 N–H and O–H groups in total. The van der Waals surface area contributed by atoms with Crippen molar-refractivity contribution in [3.63, 3.8) is 0 Å². The number of oxime groups is 1. The van der Waals surface area contributed by atoms with E-state index in [9.17, 15) is 49.5 Å². The summed E-state index contributed by atoms with van der Waals surface area (Å²) in [7, 11) is -4.90. The second kappa shape index (κ2) is 14.2. The van der Waals surface area contributed by atoms with Crippen molar-refractivity contribution >= 4 is 39.4 Å². The Balaban J connectivity index is 0.000000860. The third kappa shape index (κ3) is 10.2. The molecule has 13 nitrogen and oxygen atoms in total. The van der Waals surface area contributed by atoms with Crippen molar-refractivity contribution in [3.8, 4) is 0 Å². The highest BCUT2D eigenvalue weighted by Gasteiger charge is 2.39. The van der Waals surface area contributed by atoms with Gasteiger partial charge in [0.05, 0.1) is 22.6 Å². The smallest absolute Gasteiger partial charge is 0.480 e. The Morgan fingerprint density at radius 3 is 2.11 bits per heavy atom. The van der Waals surface area contributed by atoms with Gasteiger partial charge in [-0.3, -0.25) is 15.0 Å². The van der Waals surface area contributed by atoms with Crippen LogP contribution in [0.5, 0.6) is 0 Å². The van der Waals surface area contributed by atoms with E-state index in [1.165, 1.54) is 0 Å². The van der Waals surface area contributed by atoms with Gasteiger partial charge in [0.25, 0.3) is 0 Å². The van der Waals surface area contributed by atoms with E-state index in [1.807, 2.05) is 0 Å². The Morgan fingerprint density at radius 2 is 1.61 bits per heavy atom. The normalized spacial score (nSPS) is 15.6. The zero-order valence-corrected chi connectivity index (χ0v) is 22.8. The number of amidine groups is 1. The first kappa shape index (κ1) is 35.5. The highest BCUT2D eigenvalue weighted by atomic mass is 32.2. The van der Waals surface area contributed by atoms with Gasteiger partial charge in [0.15, 0.2) is 0 Å². The van der Waals surface area contributed by atoms with Crippen LogP contribution in [0.25, 0.3) is 0 Å². The summed E-state index contributed by atoms with van der Waals surface area (Å²) in [5.41, 5.74) is 5.70. The fraction of sp³-hybridized carbons (Fsp3) is 0.292. The number of carbonyl (C=O) groups is 3. The summed E-state index contributed by atoms with van der Waals surface area (Å²) in [6.45, 7) is -0.728. The molecule has 0 aliphatic carbocycles. The molecule has 2 aromatic rings. The molecule has 3 rings (SSSR count). The Kier molecular flexibility index (Phi) is 11.4. The number of carbonyl (C=O) groups excluding carboxylic acids is 1. The van der Waals surface area contributed by atoms with E-state index >= 15 is 0 Å². The zero-order valence-electron chi connectivity index (χ0n) is 21.9. The third-order valence-electron chi connectivity index (χ3n) is 5.50. The molecular formula is C24H23F6N5O8S. The standard InChI is InChI=1S/C22H22F3N5O6S.C2HF3O2/c23-22(24,25)15-3-1-2-4-18(15)37(34,35)30-17(21(32)33)11-28-19(31)10-14-9-16(29-36-14)12-5-7-13(8-6-12)20(26)27;3-2(4,5)1(6)7/h1-8,14,17,30H,9-11H2,(H3,26,27)(H,28,31)(H,32,33);(H,6,7)/t14-,17+;/m1./s1. The summed E-state index contributed by atoms with van der Waals surface area (Å²) in [6.07, 6.45) is -10.7. The number of nitrogen functional groups attached to an aromatic ring is 1. The van der Waals surface area contributed by atoms with E-state index in [0.29, 0.717) is 29.0 Å². The first-order valence-electron chi connectivity index (χ1n) is 11.9. The van der Waals surface area contributed by atoms with Gasteiger partial charge < -0.3 is 26.1 Å². The SMILES string of the molecule is N=C(N)c1ccc(C2=NO[C@@H](CC(=O)NC[C@H](NS(=O)(=O)c3ccccc3C(F)(F)F)C(=O)O)C2)cc1.O=C(O)C(F)(F)F. The maximum absolute atomic E-state index is 13.2. The summed E-state index contributed by atoms with van der Waals surface area (Å²) in [5.74, 6) is -5.25. The van der Waals surface area contributed by atoms with Crippen molar-refractivity contribution in [3.05, 3.63) is 65.2 Å². The summed E-state index contributed by atoms with van der Waals surface area (Å²) in [5, 5.41) is 30.1. The van der Waals surface area contributed by atoms with Gasteiger partial charge in [-0.05, 0) is 17.7 Å². The van der Waals surface area contributed by atoms with Gasteiger partial charge in [-0.1, -0.05) is 41.6 Å². The number of nitrogens with two attached hydrogens (primary N) is 1. The van der Waals surface area contributed by atoms with Crippen molar-refractivity contribution in [2.45, 2.75) is 42.2 Å². The van der Waals surface area contributed by atoms with E-state index in [4.69, 9.17) is 25.9 Å². The molecular weight excluding hydrogens is 632 g/mol. The lowest BCUT2D eigenvalue weighted by molar-refractivity contribution is -0.192. The van der Waals surface area contributed by atoms with Crippen LogP contribution in [0.2, 0.25) is 0 Å². The molecule has 0 spiro atoms. The maximum atomic E-state index is 13.2. The predicted molar refractivity (Wildman–Crippen MR) is 138 cm³/mol. The molecule has 1 aliphatic rings. The molecule has 1 aliphatic heterocycles. The van der Waals surface area contributed by atoms with Crippen LogP contribution in [0.1, 0.15) is 29.5 Å². The fourth-order valence-electron chi connectivity index (χ4n) is 3.41. The number of carboxylic acids is 2. The van der Waals surface area contributed by atoms with Crippen LogP contribution in [0.15, 0.2) is 58.6 Å². The number of amides is 1. The number of hydrogen-bond donors (Lipinski definition) is 6. The molecule has 0 saturated heterocycles. The first-order valence-corrected chi connectivity index (χ1v) is 13.4. The average Bonchev–Trinajstić information content (AvgIpc) is 3.38. The van der Waals surface area contributed by atoms with Crippen molar-refractivity contribution in [2.75, 3.05) is 6.54 Å². The van der Waals surface area contributed by atoms with Crippen LogP contribution in [0.3, 0.4) is 0 Å². The molecule has 0 bridgehead atoms. The Morgan fingerprint density at radius 1 is 1.05 bits per heavy atom. The van der Waals surface area contributed by atoms with Gasteiger partial charge in [0, 0.05) is 18.5 Å². The Bertz CT molecular complexity index is 1530. The molecule has 2 aromatic carbocycles. The fourth-order valence-corrected chi connectivity index (χ4v) is 4.83. The number of hydrogen-bond acceptors (Lipinski definition) is 8. The van der Waals surface area contributed by atoms with Crippen LogP contribution in [-0.2, 0) is 35.4 Å². The number of halogens is 6. The minimum absolute atomic E-state index is 0.0998. The second-order valence-electron chi connectivity index (χ2n) is 8.78. The first-order chi connectivity index (χ1) is 20.2. The largest absolute Gasteiger partial charge is 0.490 e. The quantitative estimate of drug-likeness (QED) is 0.125. The van der Waals surface area contributed by atoms with Crippen LogP contribution in [-0.4, -0.2) is 72.9 Å². The zero-order chi connectivity index (χ0) is 33.5. The second-order valence-corrected chi connectivity index (χ2v) is 10.5. The molecule has 44 heavy (non-hydrogen) atoms. The number of sulfonamides is 1.